The maximum absolute atomic E-state index is 13.7. The van der Waals surface area contributed by atoms with Crippen LogP contribution < -0.4 is 15.5 Å². The van der Waals surface area contributed by atoms with Gasteiger partial charge in [0.1, 0.15) is 5.82 Å². The van der Waals surface area contributed by atoms with Gasteiger partial charge in [-0.25, -0.2) is 4.39 Å². The van der Waals surface area contributed by atoms with Gasteiger partial charge in [0.05, 0.1) is 18.0 Å². The first-order valence-corrected chi connectivity index (χ1v) is 8.28. The lowest BCUT2D eigenvalue weighted by molar-refractivity contribution is -0.118. The first-order chi connectivity index (χ1) is 11.9. The predicted octanol–water partition coefficient (Wildman–Crippen LogP) is 2.72. The number of aromatic nitrogens is 1. The zero-order valence-electron chi connectivity index (χ0n) is 13.8. The van der Waals surface area contributed by atoms with Crippen LogP contribution in [0.25, 0.3) is 0 Å². The SMILES string of the molecule is COCCn1ccc(=O)c(OCC(=O)Nc2ccc(Br)cc2F)c1C. The molecule has 1 amide bonds. The van der Waals surface area contributed by atoms with Gasteiger partial charge in [0, 0.05) is 30.4 Å². The Morgan fingerprint density at radius 2 is 2.12 bits per heavy atom. The Bertz CT molecular complexity index is 823. The van der Waals surface area contributed by atoms with E-state index in [-0.39, 0.29) is 16.9 Å². The molecule has 0 saturated heterocycles. The Kier molecular flexibility index (Phi) is 6.72. The summed E-state index contributed by atoms with van der Waals surface area (Å²) >= 11 is 3.14. The number of hydrogen-bond donors (Lipinski definition) is 1. The molecule has 0 aliphatic heterocycles. The normalized spacial score (nSPS) is 10.6. The van der Waals surface area contributed by atoms with Crippen LogP contribution in [0.3, 0.4) is 0 Å². The number of methoxy groups -OCH3 is 1. The van der Waals surface area contributed by atoms with E-state index in [1.165, 1.54) is 18.2 Å². The second-order valence-corrected chi connectivity index (χ2v) is 6.16. The number of hydrogen-bond acceptors (Lipinski definition) is 4. The molecule has 1 N–H and O–H groups in total. The van der Waals surface area contributed by atoms with Crippen molar-refractivity contribution in [1.29, 1.82) is 0 Å². The van der Waals surface area contributed by atoms with Gasteiger partial charge >= 0.3 is 0 Å². The average Bonchev–Trinajstić information content (AvgIpc) is 2.56. The summed E-state index contributed by atoms with van der Waals surface area (Å²) in [5.41, 5.74) is 0.306. The van der Waals surface area contributed by atoms with Crippen molar-refractivity contribution in [3.05, 3.63) is 56.7 Å². The highest BCUT2D eigenvalue weighted by molar-refractivity contribution is 9.10. The van der Waals surface area contributed by atoms with Crippen molar-refractivity contribution in [3.8, 4) is 5.75 Å². The summed E-state index contributed by atoms with van der Waals surface area (Å²) in [6.45, 7) is 2.35. The Morgan fingerprint density at radius 3 is 2.80 bits per heavy atom. The fourth-order valence-corrected chi connectivity index (χ4v) is 2.51. The fourth-order valence-electron chi connectivity index (χ4n) is 2.18. The summed E-state index contributed by atoms with van der Waals surface area (Å²) in [6.07, 6.45) is 1.64. The van der Waals surface area contributed by atoms with Gasteiger partial charge in [0.15, 0.2) is 12.4 Å². The lowest BCUT2D eigenvalue weighted by Crippen LogP contribution is -2.24. The fraction of sp³-hybridized carbons (Fsp3) is 0.294. The van der Waals surface area contributed by atoms with E-state index in [1.807, 2.05) is 0 Å². The van der Waals surface area contributed by atoms with Crippen molar-refractivity contribution >= 4 is 27.5 Å². The van der Waals surface area contributed by atoms with Crippen molar-refractivity contribution < 1.29 is 18.7 Å². The maximum atomic E-state index is 13.7. The Hall–Kier alpha value is -2.19. The zero-order valence-corrected chi connectivity index (χ0v) is 15.4. The summed E-state index contributed by atoms with van der Waals surface area (Å²) in [5, 5.41) is 2.41. The minimum atomic E-state index is -0.569. The van der Waals surface area contributed by atoms with E-state index in [0.29, 0.717) is 23.3 Å². The van der Waals surface area contributed by atoms with Crippen LogP contribution in [0.1, 0.15) is 5.69 Å². The number of amides is 1. The van der Waals surface area contributed by atoms with Crippen LogP contribution >= 0.6 is 15.9 Å². The van der Waals surface area contributed by atoms with Crippen LogP contribution in [0.4, 0.5) is 10.1 Å². The minimum absolute atomic E-state index is 0.0408. The van der Waals surface area contributed by atoms with Gasteiger partial charge < -0.3 is 19.4 Å². The summed E-state index contributed by atoms with van der Waals surface area (Å²) in [6, 6.07) is 5.65. The molecule has 0 bridgehead atoms. The predicted molar refractivity (Wildman–Crippen MR) is 95.5 cm³/mol. The second kappa shape index (κ2) is 8.77. The zero-order chi connectivity index (χ0) is 18.4. The standard InChI is InChI=1S/C17H18BrFN2O4/c1-11-17(15(22)5-6-21(11)7-8-24-2)25-10-16(23)20-14-4-3-12(18)9-13(14)19/h3-6,9H,7-8,10H2,1-2H3,(H,20,23). The lowest BCUT2D eigenvalue weighted by Gasteiger charge is -2.14. The van der Waals surface area contributed by atoms with Crippen molar-refractivity contribution in [2.75, 3.05) is 25.6 Å². The number of benzene rings is 1. The van der Waals surface area contributed by atoms with E-state index in [9.17, 15) is 14.0 Å². The van der Waals surface area contributed by atoms with Gasteiger partial charge in [-0.05, 0) is 25.1 Å². The number of ether oxygens (including phenoxy) is 2. The molecule has 0 spiro atoms. The monoisotopic (exact) mass is 412 g/mol. The third-order valence-corrected chi connectivity index (χ3v) is 3.97. The molecule has 25 heavy (non-hydrogen) atoms. The Labute approximate surface area is 152 Å². The molecule has 2 aromatic rings. The minimum Gasteiger partial charge on any atom is -0.478 e. The van der Waals surface area contributed by atoms with Gasteiger partial charge in [0.2, 0.25) is 5.43 Å². The molecule has 0 saturated carbocycles. The highest BCUT2D eigenvalue weighted by Gasteiger charge is 2.12. The first-order valence-electron chi connectivity index (χ1n) is 7.49. The van der Waals surface area contributed by atoms with Crippen molar-refractivity contribution in [2.24, 2.45) is 0 Å². The van der Waals surface area contributed by atoms with Gasteiger partial charge in [-0.15, -0.1) is 0 Å². The molecule has 0 aliphatic carbocycles. The molecule has 1 aromatic heterocycles. The highest BCUT2D eigenvalue weighted by atomic mass is 79.9. The molecule has 0 fully saturated rings. The van der Waals surface area contributed by atoms with Crippen molar-refractivity contribution in [3.63, 3.8) is 0 Å². The van der Waals surface area contributed by atoms with Gasteiger partial charge in [0.25, 0.3) is 5.91 Å². The van der Waals surface area contributed by atoms with Crippen LogP contribution in [-0.2, 0) is 16.1 Å². The number of halogens is 2. The molecular weight excluding hydrogens is 395 g/mol. The van der Waals surface area contributed by atoms with Gasteiger partial charge in [-0.2, -0.15) is 0 Å². The molecule has 0 aliphatic rings. The molecule has 6 nitrogen and oxygen atoms in total. The topological polar surface area (TPSA) is 69.6 Å². The second-order valence-electron chi connectivity index (χ2n) is 5.24. The number of anilines is 1. The number of nitrogens with zero attached hydrogens (tertiary/aromatic N) is 1. The number of nitrogens with one attached hydrogen (secondary N) is 1. The molecule has 0 atom stereocenters. The van der Waals surface area contributed by atoms with Crippen LogP contribution in [0.15, 0.2) is 39.7 Å². The van der Waals surface area contributed by atoms with E-state index in [0.717, 1.165) is 0 Å². The quantitative estimate of drug-likeness (QED) is 0.758. The molecule has 0 unspecified atom stereocenters. The largest absolute Gasteiger partial charge is 0.478 e. The van der Waals surface area contributed by atoms with E-state index in [2.05, 4.69) is 21.2 Å². The van der Waals surface area contributed by atoms with Crippen LogP contribution in [0.5, 0.6) is 5.75 Å². The molecule has 8 heteroatoms. The smallest absolute Gasteiger partial charge is 0.262 e. The summed E-state index contributed by atoms with van der Waals surface area (Å²) in [5.74, 6) is -1.04. The molecular formula is C17H18BrFN2O4. The number of rotatable bonds is 7. The third kappa shape index (κ3) is 5.14. The highest BCUT2D eigenvalue weighted by Crippen LogP contribution is 2.19. The lowest BCUT2D eigenvalue weighted by atomic mass is 10.3. The van der Waals surface area contributed by atoms with Crippen LogP contribution in [-0.4, -0.2) is 30.8 Å². The summed E-state index contributed by atoms with van der Waals surface area (Å²) in [4.78, 5) is 23.9. The average molecular weight is 413 g/mol. The van der Waals surface area contributed by atoms with E-state index < -0.39 is 18.3 Å². The van der Waals surface area contributed by atoms with E-state index >= 15 is 0 Å². The molecule has 1 heterocycles. The number of carbonyl (C=O) groups is 1. The number of carbonyl (C=O) groups excluding carboxylic acids is 1. The number of pyridine rings is 1. The molecule has 134 valence electrons. The van der Waals surface area contributed by atoms with Gasteiger partial charge in [-0.3, -0.25) is 9.59 Å². The summed E-state index contributed by atoms with van der Waals surface area (Å²) in [7, 11) is 1.58. The van der Waals surface area contributed by atoms with Crippen molar-refractivity contribution in [2.45, 2.75) is 13.5 Å². The third-order valence-electron chi connectivity index (χ3n) is 3.48. The maximum Gasteiger partial charge on any atom is 0.262 e. The Morgan fingerprint density at radius 1 is 1.36 bits per heavy atom. The molecule has 1 aromatic carbocycles. The first kappa shape index (κ1) is 19.1. The Balaban J connectivity index is 2.05. The van der Waals surface area contributed by atoms with E-state index in [1.54, 1.807) is 30.9 Å². The van der Waals surface area contributed by atoms with Crippen LogP contribution in [0.2, 0.25) is 0 Å². The van der Waals surface area contributed by atoms with Crippen LogP contribution in [0, 0.1) is 12.7 Å². The summed E-state index contributed by atoms with van der Waals surface area (Å²) < 4.78 is 26.5. The van der Waals surface area contributed by atoms with Crippen molar-refractivity contribution in [1.82, 2.24) is 4.57 Å². The molecule has 0 radical (unpaired) electrons. The molecule has 2 rings (SSSR count). The van der Waals surface area contributed by atoms with E-state index in [4.69, 9.17) is 9.47 Å². The van der Waals surface area contributed by atoms with Gasteiger partial charge in [-0.1, -0.05) is 15.9 Å².